The van der Waals surface area contributed by atoms with Crippen LogP contribution in [-0.4, -0.2) is 22.9 Å². The van der Waals surface area contributed by atoms with Gasteiger partial charge in [-0.1, -0.05) is 0 Å². The molecule has 0 radical (unpaired) electrons. The molecule has 0 aromatic heterocycles. The molecule has 0 aromatic carbocycles. The minimum Gasteiger partial charge on any atom is -0.396 e. The summed E-state index contributed by atoms with van der Waals surface area (Å²) in [6.07, 6.45) is 3.11. The van der Waals surface area contributed by atoms with Crippen LogP contribution in [0.2, 0.25) is 0 Å². The second kappa shape index (κ2) is 2.21. The van der Waals surface area contributed by atoms with Crippen LogP contribution in [0.1, 0.15) is 19.3 Å². The van der Waals surface area contributed by atoms with Crippen LogP contribution in [0.15, 0.2) is 0 Å². The molecule has 2 nitrogen and oxygen atoms in total. The minimum absolute atomic E-state index is 0.0483. The molecular formula is C8H14O2. The Hall–Kier alpha value is -0.0800. The molecule has 2 fully saturated rings. The maximum absolute atomic E-state index is 9.35. The van der Waals surface area contributed by atoms with Crippen molar-refractivity contribution in [3.05, 3.63) is 0 Å². The number of aliphatic hydroxyl groups is 2. The largest absolute Gasteiger partial charge is 0.396 e. The Balaban J connectivity index is 2.02. The molecule has 4 atom stereocenters. The van der Waals surface area contributed by atoms with E-state index in [0.717, 1.165) is 19.3 Å². The monoisotopic (exact) mass is 142 g/mol. The summed E-state index contributed by atoms with van der Waals surface area (Å²) in [7, 11) is 0. The number of fused-ring (bicyclic) bond motifs is 2. The third kappa shape index (κ3) is 0.789. The molecule has 2 aliphatic rings. The van der Waals surface area contributed by atoms with Crippen LogP contribution in [0.5, 0.6) is 0 Å². The number of hydrogen-bond acceptors (Lipinski definition) is 2. The van der Waals surface area contributed by atoms with E-state index in [0.29, 0.717) is 24.4 Å². The molecule has 0 spiro atoms. The number of rotatable bonds is 1. The summed E-state index contributed by atoms with van der Waals surface area (Å²) in [6, 6.07) is 0. The molecule has 2 saturated carbocycles. The molecule has 2 rings (SSSR count). The van der Waals surface area contributed by atoms with Crippen LogP contribution < -0.4 is 0 Å². The Bertz CT molecular complexity index is 133. The van der Waals surface area contributed by atoms with E-state index in [9.17, 15) is 5.11 Å². The van der Waals surface area contributed by atoms with Crippen LogP contribution >= 0.6 is 0 Å². The third-order valence-corrected chi connectivity index (χ3v) is 3.20. The lowest BCUT2D eigenvalue weighted by Gasteiger charge is -2.22. The van der Waals surface area contributed by atoms with Gasteiger partial charge < -0.3 is 10.2 Å². The molecule has 2 heteroatoms. The smallest absolute Gasteiger partial charge is 0.0571 e. The van der Waals surface area contributed by atoms with Crippen molar-refractivity contribution in [2.75, 3.05) is 6.61 Å². The van der Waals surface area contributed by atoms with Crippen LogP contribution in [0.3, 0.4) is 0 Å². The Morgan fingerprint density at radius 3 is 2.30 bits per heavy atom. The molecule has 0 amide bonds. The van der Waals surface area contributed by atoms with Gasteiger partial charge in [-0.3, -0.25) is 0 Å². The van der Waals surface area contributed by atoms with Crippen molar-refractivity contribution in [3.63, 3.8) is 0 Å². The summed E-state index contributed by atoms with van der Waals surface area (Å²) < 4.78 is 0. The molecule has 2 bridgehead atoms. The van der Waals surface area contributed by atoms with Crippen molar-refractivity contribution in [2.24, 2.45) is 17.8 Å². The highest BCUT2D eigenvalue weighted by molar-refractivity contribution is 4.94. The quantitative estimate of drug-likeness (QED) is 0.556. The summed E-state index contributed by atoms with van der Waals surface area (Å²) in [6.45, 7) is 0.327. The van der Waals surface area contributed by atoms with Gasteiger partial charge in [-0.15, -0.1) is 0 Å². The highest BCUT2D eigenvalue weighted by Crippen LogP contribution is 2.47. The van der Waals surface area contributed by atoms with E-state index in [2.05, 4.69) is 0 Å². The Labute approximate surface area is 60.9 Å². The Kier molecular flexibility index (Phi) is 1.46. The van der Waals surface area contributed by atoms with Gasteiger partial charge in [-0.25, -0.2) is 0 Å². The summed E-state index contributed by atoms with van der Waals surface area (Å²) in [5, 5.41) is 18.2. The van der Waals surface area contributed by atoms with Crippen molar-refractivity contribution >= 4 is 0 Å². The van der Waals surface area contributed by atoms with Crippen LogP contribution in [0, 0.1) is 17.8 Å². The Morgan fingerprint density at radius 1 is 1.10 bits per heavy atom. The van der Waals surface area contributed by atoms with Gasteiger partial charge in [0.05, 0.1) is 6.10 Å². The summed E-state index contributed by atoms with van der Waals surface area (Å²) in [4.78, 5) is 0. The summed E-state index contributed by atoms with van der Waals surface area (Å²) in [5.74, 6) is 1.65. The molecule has 0 saturated heterocycles. The van der Waals surface area contributed by atoms with Crippen LogP contribution in [-0.2, 0) is 0 Å². The number of aliphatic hydroxyl groups excluding tert-OH is 2. The molecule has 2 N–H and O–H groups in total. The SMILES string of the molecule is OC[C@@H]1C[C@@H]2C[C@H]1C[C@H]2O. The second-order valence-corrected chi connectivity index (χ2v) is 3.74. The first-order valence-electron chi connectivity index (χ1n) is 4.10. The zero-order chi connectivity index (χ0) is 7.14. The molecule has 58 valence electrons. The van der Waals surface area contributed by atoms with Crippen molar-refractivity contribution in [2.45, 2.75) is 25.4 Å². The van der Waals surface area contributed by atoms with E-state index >= 15 is 0 Å². The van der Waals surface area contributed by atoms with Crippen LogP contribution in [0.25, 0.3) is 0 Å². The van der Waals surface area contributed by atoms with Gasteiger partial charge in [0.25, 0.3) is 0 Å². The zero-order valence-corrected chi connectivity index (χ0v) is 6.03. The van der Waals surface area contributed by atoms with E-state index in [1.165, 1.54) is 0 Å². The van der Waals surface area contributed by atoms with E-state index < -0.39 is 0 Å². The second-order valence-electron chi connectivity index (χ2n) is 3.74. The normalized spacial score (nSPS) is 52.2. The van der Waals surface area contributed by atoms with E-state index in [1.54, 1.807) is 0 Å². The predicted octanol–water partition coefficient (Wildman–Crippen LogP) is 0.386. The summed E-state index contributed by atoms with van der Waals surface area (Å²) >= 11 is 0. The van der Waals surface area contributed by atoms with Gasteiger partial charge in [-0.2, -0.15) is 0 Å². The fourth-order valence-electron chi connectivity index (χ4n) is 2.59. The van der Waals surface area contributed by atoms with Gasteiger partial charge >= 0.3 is 0 Å². The van der Waals surface area contributed by atoms with Gasteiger partial charge in [-0.05, 0) is 37.0 Å². The summed E-state index contributed by atoms with van der Waals surface area (Å²) in [5.41, 5.74) is 0. The lowest BCUT2D eigenvalue weighted by atomic mass is 9.88. The van der Waals surface area contributed by atoms with Crippen LogP contribution in [0.4, 0.5) is 0 Å². The average molecular weight is 142 g/mol. The first-order chi connectivity index (χ1) is 4.81. The fraction of sp³-hybridized carbons (Fsp3) is 1.00. The van der Waals surface area contributed by atoms with E-state index in [1.807, 2.05) is 0 Å². The number of hydrogen-bond donors (Lipinski definition) is 2. The minimum atomic E-state index is -0.0483. The first-order valence-corrected chi connectivity index (χ1v) is 4.10. The molecule has 0 unspecified atom stereocenters. The predicted molar refractivity (Wildman–Crippen MR) is 37.4 cm³/mol. The molecule has 0 heterocycles. The highest BCUT2D eigenvalue weighted by Gasteiger charge is 2.44. The van der Waals surface area contributed by atoms with Crippen molar-refractivity contribution in [3.8, 4) is 0 Å². The molecule has 2 aliphatic carbocycles. The maximum atomic E-state index is 9.35. The molecule has 10 heavy (non-hydrogen) atoms. The van der Waals surface area contributed by atoms with Gasteiger partial charge in [0.2, 0.25) is 0 Å². The fourth-order valence-corrected chi connectivity index (χ4v) is 2.59. The lowest BCUT2D eigenvalue weighted by Crippen LogP contribution is -2.23. The molecular weight excluding hydrogens is 128 g/mol. The molecule has 0 aromatic rings. The first kappa shape index (κ1) is 6.62. The van der Waals surface area contributed by atoms with E-state index in [4.69, 9.17) is 5.11 Å². The standard InChI is InChI=1S/C8H14O2/c9-4-7-2-6-1-5(7)3-8(6)10/h5-10H,1-4H2/t5-,6-,7-,8+/m0/s1. The van der Waals surface area contributed by atoms with Gasteiger partial charge in [0.15, 0.2) is 0 Å². The van der Waals surface area contributed by atoms with E-state index in [-0.39, 0.29) is 6.10 Å². The average Bonchev–Trinajstić information content (AvgIpc) is 2.44. The highest BCUT2D eigenvalue weighted by atomic mass is 16.3. The van der Waals surface area contributed by atoms with Gasteiger partial charge in [0.1, 0.15) is 0 Å². The topological polar surface area (TPSA) is 40.5 Å². The van der Waals surface area contributed by atoms with Crippen molar-refractivity contribution < 1.29 is 10.2 Å². The van der Waals surface area contributed by atoms with Crippen molar-refractivity contribution in [1.82, 2.24) is 0 Å². The van der Waals surface area contributed by atoms with Crippen molar-refractivity contribution in [1.29, 1.82) is 0 Å². The van der Waals surface area contributed by atoms with Gasteiger partial charge in [0, 0.05) is 6.61 Å². The zero-order valence-electron chi connectivity index (χ0n) is 6.03. The third-order valence-electron chi connectivity index (χ3n) is 3.20. The molecule has 0 aliphatic heterocycles. The Morgan fingerprint density at radius 2 is 1.90 bits per heavy atom. The lowest BCUT2D eigenvalue weighted by molar-refractivity contribution is 0.0766. The maximum Gasteiger partial charge on any atom is 0.0571 e.